The smallest absolute Gasteiger partial charge is 0.0669 e. The largest absolute Gasteiger partial charge is 0.310 e. The van der Waals surface area contributed by atoms with E-state index in [0.29, 0.717) is 6.04 Å². The van der Waals surface area contributed by atoms with Crippen LogP contribution < -0.4 is 5.32 Å². The van der Waals surface area contributed by atoms with E-state index < -0.39 is 0 Å². The number of aromatic nitrogens is 2. The molecule has 0 fully saturated rings. The Hall–Kier alpha value is -0.830. The fraction of sp³-hybridized carbons (Fsp3) is 0.800. The molecule has 18 heavy (non-hydrogen) atoms. The van der Waals surface area contributed by atoms with Crippen molar-refractivity contribution in [3.63, 3.8) is 0 Å². The van der Waals surface area contributed by atoms with Crippen LogP contribution in [-0.4, -0.2) is 16.3 Å². The molecule has 1 rings (SSSR count). The Bertz CT molecular complexity index is 342. The average molecular weight is 251 g/mol. The van der Waals surface area contributed by atoms with Crippen molar-refractivity contribution >= 4 is 0 Å². The van der Waals surface area contributed by atoms with Gasteiger partial charge in [0.15, 0.2) is 0 Å². The molecule has 1 heterocycles. The highest BCUT2D eigenvalue weighted by Gasteiger charge is 2.17. The van der Waals surface area contributed by atoms with E-state index in [1.54, 1.807) is 0 Å². The van der Waals surface area contributed by atoms with Gasteiger partial charge in [-0.2, -0.15) is 5.10 Å². The van der Waals surface area contributed by atoms with E-state index in [2.05, 4.69) is 44.3 Å². The summed E-state index contributed by atoms with van der Waals surface area (Å²) in [6.07, 6.45) is 6.85. The highest BCUT2D eigenvalue weighted by Crippen LogP contribution is 2.24. The van der Waals surface area contributed by atoms with Gasteiger partial charge in [0.1, 0.15) is 0 Å². The lowest BCUT2D eigenvalue weighted by Crippen LogP contribution is -2.23. The zero-order valence-corrected chi connectivity index (χ0v) is 12.7. The van der Waals surface area contributed by atoms with Crippen molar-refractivity contribution in [2.45, 2.75) is 59.4 Å². The summed E-state index contributed by atoms with van der Waals surface area (Å²) in [5.74, 6) is 0.762. The zero-order chi connectivity index (χ0) is 13.5. The number of rotatable bonds is 8. The van der Waals surface area contributed by atoms with Gasteiger partial charge in [0, 0.05) is 24.8 Å². The first-order valence-corrected chi connectivity index (χ1v) is 7.34. The maximum Gasteiger partial charge on any atom is 0.0669 e. The van der Waals surface area contributed by atoms with Crippen LogP contribution in [-0.2, 0) is 13.5 Å². The molecule has 1 aromatic rings. The van der Waals surface area contributed by atoms with E-state index in [1.807, 2.05) is 11.7 Å². The van der Waals surface area contributed by atoms with Gasteiger partial charge in [-0.3, -0.25) is 4.68 Å². The van der Waals surface area contributed by atoms with Crippen LogP contribution in [0.15, 0.2) is 6.20 Å². The Labute approximate surface area is 112 Å². The van der Waals surface area contributed by atoms with Crippen LogP contribution in [0.5, 0.6) is 0 Å². The van der Waals surface area contributed by atoms with Crippen molar-refractivity contribution in [1.82, 2.24) is 15.1 Å². The van der Waals surface area contributed by atoms with Crippen molar-refractivity contribution in [1.29, 1.82) is 0 Å². The highest BCUT2D eigenvalue weighted by molar-refractivity contribution is 5.21. The molecule has 104 valence electrons. The van der Waals surface area contributed by atoms with Gasteiger partial charge in [0.2, 0.25) is 0 Å². The Morgan fingerprint density at radius 3 is 2.56 bits per heavy atom. The fourth-order valence-electron chi connectivity index (χ4n) is 2.30. The third-order valence-corrected chi connectivity index (χ3v) is 3.32. The first-order chi connectivity index (χ1) is 8.58. The van der Waals surface area contributed by atoms with Gasteiger partial charge in [0.05, 0.1) is 5.69 Å². The standard InChI is InChI=1S/C15H29N3/c1-6-10-16-15(9-8-12(3)4)13-11-18(5)17-14(13)7-2/h11-12,15-16H,6-10H2,1-5H3. The van der Waals surface area contributed by atoms with E-state index in [1.165, 1.54) is 30.5 Å². The third kappa shape index (κ3) is 4.45. The van der Waals surface area contributed by atoms with Gasteiger partial charge in [-0.1, -0.05) is 27.7 Å². The Morgan fingerprint density at radius 2 is 2.00 bits per heavy atom. The molecule has 0 bridgehead atoms. The average Bonchev–Trinajstić information content (AvgIpc) is 2.70. The topological polar surface area (TPSA) is 29.9 Å². The molecule has 0 amide bonds. The van der Waals surface area contributed by atoms with Gasteiger partial charge in [-0.15, -0.1) is 0 Å². The summed E-state index contributed by atoms with van der Waals surface area (Å²) in [6, 6.07) is 0.469. The molecule has 0 aromatic carbocycles. The highest BCUT2D eigenvalue weighted by atomic mass is 15.3. The van der Waals surface area contributed by atoms with E-state index in [-0.39, 0.29) is 0 Å². The summed E-state index contributed by atoms with van der Waals surface area (Å²) < 4.78 is 1.95. The molecule has 1 unspecified atom stereocenters. The van der Waals surface area contributed by atoms with Crippen LogP contribution in [0.1, 0.15) is 64.3 Å². The molecule has 0 saturated heterocycles. The minimum absolute atomic E-state index is 0.469. The lowest BCUT2D eigenvalue weighted by Gasteiger charge is -2.19. The molecule has 3 nitrogen and oxygen atoms in total. The molecule has 0 radical (unpaired) electrons. The number of aryl methyl sites for hydroxylation is 2. The maximum absolute atomic E-state index is 4.56. The van der Waals surface area contributed by atoms with Crippen LogP contribution in [0.2, 0.25) is 0 Å². The molecule has 1 aromatic heterocycles. The zero-order valence-electron chi connectivity index (χ0n) is 12.7. The number of nitrogens with one attached hydrogen (secondary N) is 1. The summed E-state index contributed by atoms with van der Waals surface area (Å²) in [7, 11) is 2.02. The molecule has 0 spiro atoms. The first-order valence-electron chi connectivity index (χ1n) is 7.34. The molecule has 3 heteroatoms. The van der Waals surface area contributed by atoms with Crippen molar-refractivity contribution in [2.24, 2.45) is 13.0 Å². The second kappa shape index (κ2) is 7.57. The Morgan fingerprint density at radius 1 is 1.28 bits per heavy atom. The van der Waals surface area contributed by atoms with Gasteiger partial charge in [-0.05, 0) is 38.1 Å². The van der Waals surface area contributed by atoms with E-state index in [0.717, 1.165) is 18.9 Å². The summed E-state index contributed by atoms with van der Waals surface area (Å²) in [4.78, 5) is 0. The van der Waals surface area contributed by atoms with E-state index >= 15 is 0 Å². The summed E-state index contributed by atoms with van der Waals surface area (Å²) in [5.41, 5.74) is 2.64. The normalized spacial score (nSPS) is 13.2. The number of nitrogens with zero attached hydrogens (tertiary/aromatic N) is 2. The van der Waals surface area contributed by atoms with Gasteiger partial charge in [0.25, 0.3) is 0 Å². The molecule has 0 saturated carbocycles. The molecular formula is C15H29N3. The van der Waals surface area contributed by atoms with E-state index in [9.17, 15) is 0 Å². The molecule has 0 aliphatic heterocycles. The van der Waals surface area contributed by atoms with Gasteiger partial charge in [-0.25, -0.2) is 0 Å². The summed E-state index contributed by atoms with van der Waals surface area (Å²) >= 11 is 0. The predicted octanol–water partition coefficient (Wildman–Crippen LogP) is 3.46. The minimum Gasteiger partial charge on any atom is -0.310 e. The van der Waals surface area contributed by atoms with Crippen LogP contribution in [0.3, 0.4) is 0 Å². The van der Waals surface area contributed by atoms with E-state index in [4.69, 9.17) is 0 Å². The lowest BCUT2D eigenvalue weighted by molar-refractivity contribution is 0.439. The molecule has 0 aliphatic rings. The summed E-state index contributed by atoms with van der Waals surface area (Å²) in [6.45, 7) is 10.1. The van der Waals surface area contributed by atoms with Crippen LogP contribution in [0.25, 0.3) is 0 Å². The molecule has 1 N–H and O–H groups in total. The molecule has 0 aliphatic carbocycles. The van der Waals surface area contributed by atoms with Crippen molar-refractivity contribution in [3.8, 4) is 0 Å². The molecular weight excluding hydrogens is 222 g/mol. The summed E-state index contributed by atoms with van der Waals surface area (Å²) in [5, 5.41) is 8.24. The predicted molar refractivity (Wildman–Crippen MR) is 77.7 cm³/mol. The number of hydrogen-bond donors (Lipinski definition) is 1. The van der Waals surface area contributed by atoms with Crippen LogP contribution in [0, 0.1) is 5.92 Å². The quantitative estimate of drug-likeness (QED) is 0.767. The minimum atomic E-state index is 0.469. The van der Waals surface area contributed by atoms with Crippen LogP contribution in [0.4, 0.5) is 0 Å². The monoisotopic (exact) mass is 251 g/mol. The lowest BCUT2D eigenvalue weighted by atomic mass is 9.97. The first kappa shape index (κ1) is 15.2. The van der Waals surface area contributed by atoms with Crippen molar-refractivity contribution in [2.75, 3.05) is 6.54 Å². The molecule has 1 atom stereocenters. The third-order valence-electron chi connectivity index (χ3n) is 3.32. The fourth-order valence-corrected chi connectivity index (χ4v) is 2.30. The van der Waals surface area contributed by atoms with Crippen molar-refractivity contribution in [3.05, 3.63) is 17.5 Å². The second-order valence-corrected chi connectivity index (χ2v) is 5.54. The second-order valence-electron chi connectivity index (χ2n) is 5.54. The number of hydrogen-bond acceptors (Lipinski definition) is 2. The maximum atomic E-state index is 4.56. The SMILES string of the molecule is CCCNC(CCC(C)C)c1cn(C)nc1CC. The van der Waals surface area contributed by atoms with Gasteiger partial charge >= 0.3 is 0 Å². The van der Waals surface area contributed by atoms with Crippen LogP contribution >= 0.6 is 0 Å². The van der Waals surface area contributed by atoms with Gasteiger partial charge < -0.3 is 5.32 Å². The van der Waals surface area contributed by atoms with Crippen molar-refractivity contribution < 1.29 is 0 Å². The Kier molecular flexibility index (Phi) is 6.41. The Balaban J connectivity index is 2.78.